The SMILES string of the molecule is Cc1cc(C)n(CCCNC(=O)CS[C@@H](C)C(=O)Nc2cc(C)on2)n1. The first kappa shape index (κ1) is 20.0. The lowest BCUT2D eigenvalue weighted by Gasteiger charge is -2.11. The van der Waals surface area contributed by atoms with Crippen molar-refractivity contribution in [1.29, 1.82) is 0 Å². The van der Waals surface area contributed by atoms with Gasteiger partial charge in [0.1, 0.15) is 5.76 Å². The fourth-order valence-electron chi connectivity index (χ4n) is 2.34. The van der Waals surface area contributed by atoms with Gasteiger partial charge in [-0.05, 0) is 40.2 Å². The third-order valence-corrected chi connectivity index (χ3v) is 4.83. The number of nitrogens with zero attached hydrogens (tertiary/aromatic N) is 3. The fourth-order valence-corrected chi connectivity index (χ4v) is 3.05. The summed E-state index contributed by atoms with van der Waals surface area (Å²) in [6.07, 6.45) is 0.805. The number of carbonyl (C=O) groups excluding carboxylic acids is 2. The Kier molecular flexibility index (Phi) is 7.26. The van der Waals surface area contributed by atoms with Crippen LogP contribution in [0.4, 0.5) is 5.82 Å². The monoisotopic (exact) mass is 379 g/mol. The van der Waals surface area contributed by atoms with E-state index >= 15 is 0 Å². The molecule has 0 spiro atoms. The van der Waals surface area contributed by atoms with E-state index in [1.807, 2.05) is 24.6 Å². The summed E-state index contributed by atoms with van der Waals surface area (Å²) < 4.78 is 6.84. The number of aryl methyl sites for hydroxylation is 4. The molecule has 9 heteroatoms. The van der Waals surface area contributed by atoms with Crippen LogP contribution in [0.2, 0.25) is 0 Å². The van der Waals surface area contributed by atoms with Crippen molar-refractivity contribution in [2.75, 3.05) is 17.6 Å². The maximum atomic E-state index is 12.0. The van der Waals surface area contributed by atoms with Crippen LogP contribution in [0.15, 0.2) is 16.7 Å². The van der Waals surface area contributed by atoms with Gasteiger partial charge < -0.3 is 15.2 Å². The van der Waals surface area contributed by atoms with E-state index < -0.39 is 0 Å². The van der Waals surface area contributed by atoms with Gasteiger partial charge in [0.05, 0.1) is 16.7 Å². The van der Waals surface area contributed by atoms with Gasteiger partial charge in [0.25, 0.3) is 0 Å². The van der Waals surface area contributed by atoms with E-state index in [9.17, 15) is 9.59 Å². The molecule has 0 saturated heterocycles. The van der Waals surface area contributed by atoms with Gasteiger partial charge in [0.2, 0.25) is 11.8 Å². The molecule has 26 heavy (non-hydrogen) atoms. The summed E-state index contributed by atoms with van der Waals surface area (Å²) in [5, 5.41) is 13.3. The molecule has 0 saturated carbocycles. The quantitative estimate of drug-likeness (QED) is 0.647. The van der Waals surface area contributed by atoms with Crippen LogP contribution in [-0.4, -0.2) is 44.3 Å². The number of hydrogen-bond acceptors (Lipinski definition) is 6. The van der Waals surface area contributed by atoms with Crippen molar-refractivity contribution in [3.63, 3.8) is 0 Å². The molecule has 2 N–H and O–H groups in total. The van der Waals surface area contributed by atoms with Gasteiger partial charge in [-0.1, -0.05) is 5.16 Å². The highest BCUT2D eigenvalue weighted by atomic mass is 32.2. The molecular formula is C17H25N5O3S. The van der Waals surface area contributed by atoms with Crippen molar-refractivity contribution in [1.82, 2.24) is 20.3 Å². The highest BCUT2D eigenvalue weighted by Crippen LogP contribution is 2.14. The predicted molar refractivity (Wildman–Crippen MR) is 101 cm³/mol. The van der Waals surface area contributed by atoms with Crippen molar-refractivity contribution in [2.24, 2.45) is 0 Å². The summed E-state index contributed by atoms with van der Waals surface area (Å²) in [4.78, 5) is 23.9. The average molecular weight is 379 g/mol. The molecule has 0 radical (unpaired) electrons. The molecule has 0 aliphatic carbocycles. The Morgan fingerprint density at radius 2 is 2.08 bits per heavy atom. The van der Waals surface area contributed by atoms with Gasteiger partial charge in [-0.3, -0.25) is 14.3 Å². The lowest BCUT2D eigenvalue weighted by atomic mass is 10.4. The molecule has 0 bridgehead atoms. The summed E-state index contributed by atoms with van der Waals surface area (Å²) in [5.41, 5.74) is 2.11. The maximum absolute atomic E-state index is 12.0. The zero-order valence-corrected chi connectivity index (χ0v) is 16.4. The first-order valence-electron chi connectivity index (χ1n) is 8.48. The number of hydrogen-bond donors (Lipinski definition) is 2. The van der Waals surface area contributed by atoms with Gasteiger partial charge >= 0.3 is 0 Å². The van der Waals surface area contributed by atoms with E-state index in [1.54, 1.807) is 19.9 Å². The van der Waals surface area contributed by atoms with Crippen molar-refractivity contribution in [2.45, 2.75) is 45.9 Å². The van der Waals surface area contributed by atoms with Gasteiger partial charge in [-0.2, -0.15) is 5.10 Å². The zero-order chi connectivity index (χ0) is 19.1. The summed E-state index contributed by atoms with van der Waals surface area (Å²) in [6.45, 7) is 8.83. The predicted octanol–water partition coefficient (Wildman–Crippen LogP) is 2.06. The van der Waals surface area contributed by atoms with Crippen LogP contribution in [0.1, 0.15) is 30.5 Å². The lowest BCUT2D eigenvalue weighted by Crippen LogP contribution is -2.29. The van der Waals surface area contributed by atoms with E-state index in [1.165, 1.54) is 11.8 Å². The molecule has 0 aliphatic heterocycles. The number of carbonyl (C=O) groups is 2. The molecule has 2 rings (SSSR count). The average Bonchev–Trinajstić information content (AvgIpc) is 3.13. The van der Waals surface area contributed by atoms with Crippen molar-refractivity contribution in [3.05, 3.63) is 29.3 Å². The number of amides is 2. The smallest absolute Gasteiger partial charge is 0.238 e. The highest BCUT2D eigenvalue weighted by molar-refractivity contribution is 8.01. The van der Waals surface area contributed by atoms with E-state index in [-0.39, 0.29) is 22.8 Å². The molecule has 0 aromatic carbocycles. The van der Waals surface area contributed by atoms with Crippen LogP contribution in [0.3, 0.4) is 0 Å². The van der Waals surface area contributed by atoms with Crippen LogP contribution in [0.25, 0.3) is 0 Å². The lowest BCUT2D eigenvalue weighted by molar-refractivity contribution is -0.118. The second-order valence-electron chi connectivity index (χ2n) is 6.12. The number of thioether (sulfide) groups is 1. The molecule has 0 aliphatic rings. The van der Waals surface area contributed by atoms with Crippen molar-refractivity contribution < 1.29 is 14.1 Å². The van der Waals surface area contributed by atoms with Crippen LogP contribution in [0, 0.1) is 20.8 Å². The minimum atomic E-state index is -0.368. The minimum Gasteiger partial charge on any atom is -0.360 e. The maximum Gasteiger partial charge on any atom is 0.238 e. The van der Waals surface area contributed by atoms with E-state index in [2.05, 4.69) is 20.9 Å². The van der Waals surface area contributed by atoms with E-state index in [0.29, 0.717) is 18.1 Å². The number of aromatic nitrogens is 3. The topological polar surface area (TPSA) is 102 Å². The Hall–Kier alpha value is -2.29. The third kappa shape index (κ3) is 6.21. The zero-order valence-electron chi connectivity index (χ0n) is 15.5. The van der Waals surface area contributed by atoms with Crippen LogP contribution < -0.4 is 10.6 Å². The Morgan fingerprint density at radius 1 is 1.31 bits per heavy atom. The van der Waals surface area contributed by atoms with E-state index in [0.717, 1.165) is 24.4 Å². The summed E-state index contributed by atoms with van der Waals surface area (Å²) >= 11 is 1.28. The summed E-state index contributed by atoms with van der Waals surface area (Å²) in [5.74, 6) is 0.946. The second kappa shape index (κ2) is 9.42. The van der Waals surface area contributed by atoms with Gasteiger partial charge in [0.15, 0.2) is 5.82 Å². The van der Waals surface area contributed by atoms with Crippen LogP contribution in [0.5, 0.6) is 0 Å². The van der Waals surface area contributed by atoms with Crippen molar-refractivity contribution >= 4 is 29.4 Å². The van der Waals surface area contributed by atoms with Crippen molar-refractivity contribution in [3.8, 4) is 0 Å². The molecule has 2 aromatic heterocycles. The van der Waals surface area contributed by atoms with Gasteiger partial charge in [-0.15, -0.1) is 11.8 Å². The van der Waals surface area contributed by atoms with Gasteiger partial charge in [0, 0.05) is 24.8 Å². The molecule has 142 valence electrons. The largest absolute Gasteiger partial charge is 0.360 e. The van der Waals surface area contributed by atoms with E-state index in [4.69, 9.17) is 4.52 Å². The molecule has 2 heterocycles. The Morgan fingerprint density at radius 3 is 2.69 bits per heavy atom. The molecule has 0 fully saturated rings. The van der Waals surface area contributed by atoms with Crippen LogP contribution in [-0.2, 0) is 16.1 Å². The molecule has 2 aromatic rings. The second-order valence-corrected chi connectivity index (χ2v) is 7.45. The Labute approximate surface area is 157 Å². The highest BCUT2D eigenvalue weighted by Gasteiger charge is 2.16. The fraction of sp³-hybridized carbons (Fsp3) is 0.529. The number of nitrogens with one attached hydrogen (secondary N) is 2. The summed E-state index contributed by atoms with van der Waals surface area (Å²) in [6, 6.07) is 3.67. The van der Waals surface area contributed by atoms with Crippen LogP contribution >= 0.6 is 11.8 Å². The molecule has 2 amide bonds. The third-order valence-electron chi connectivity index (χ3n) is 3.69. The molecular weight excluding hydrogens is 354 g/mol. The Balaban J connectivity index is 1.61. The standard InChI is InChI=1S/C17H25N5O3S/c1-11-8-12(2)22(20-11)7-5-6-18-16(23)10-26-14(4)17(24)19-15-9-13(3)25-21-15/h8-9,14H,5-7,10H2,1-4H3,(H,18,23)(H,19,21,24)/t14-/m0/s1. The van der Waals surface area contributed by atoms with Gasteiger partial charge in [-0.25, -0.2) is 0 Å². The number of anilines is 1. The molecule has 8 nitrogen and oxygen atoms in total. The molecule has 1 atom stereocenters. The first-order valence-corrected chi connectivity index (χ1v) is 9.53. The first-order chi connectivity index (χ1) is 12.3. The minimum absolute atomic E-state index is 0.0831. The molecule has 0 unspecified atom stereocenters. The normalized spacial score (nSPS) is 12.0. The summed E-state index contributed by atoms with van der Waals surface area (Å²) in [7, 11) is 0. The Bertz CT molecular complexity index is 755. The number of rotatable bonds is 9.